The third kappa shape index (κ3) is 5.13. The molecular formula is C16H19ClN2O5. The van der Waals surface area contributed by atoms with E-state index >= 15 is 0 Å². The average molecular weight is 355 g/mol. The smallest absolute Gasteiger partial charge is 0.307 e. The first-order valence-corrected chi connectivity index (χ1v) is 8.05. The highest BCUT2D eigenvalue weighted by molar-refractivity contribution is 6.30. The van der Waals surface area contributed by atoms with Gasteiger partial charge in [0.05, 0.1) is 11.8 Å². The number of carboxylic acid groups (broad SMARTS) is 1. The molecule has 2 amide bonds. The fraction of sp³-hybridized carbons (Fsp3) is 0.438. The highest BCUT2D eigenvalue weighted by Crippen LogP contribution is 2.30. The van der Waals surface area contributed by atoms with Crippen LogP contribution < -0.4 is 15.6 Å². The van der Waals surface area contributed by atoms with Crippen molar-refractivity contribution in [3.63, 3.8) is 0 Å². The van der Waals surface area contributed by atoms with Crippen molar-refractivity contribution in [3.05, 3.63) is 29.3 Å². The zero-order chi connectivity index (χ0) is 17.5. The van der Waals surface area contributed by atoms with E-state index in [1.54, 1.807) is 24.3 Å². The molecule has 0 bridgehead atoms. The van der Waals surface area contributed by atoms with Crippen molar-refractivity contribution in [3.8, 4) is 5.75 Å². The van der Waals surface area contributed by atoms with Crippen molar-refractivity contribution in [1.82, 2.24) is 10.9 Å². The van der Waals surface area contributed by atoms with Crippen LogP contribution in [0.5, 0.6) is 5.75 Å². The van der Waals surface area contributed by atoms with Gasteiger partial charge in [0.25, 0.3) is 5.91 Å². The van der Waals surface area contributed by atoms with Crippen LogP contribution in [0, 0.1) is 11.8 Å². The maximum Gasteiger partial charge on any atom is 0.307 e. The zero-order valence-corrected chi connectivity index (χ0v) is 13.7. The summed E-state index contributed by atoms with van der Waals surface area (Å²) in [5.74, 6) is -2.93. The summed E-state index contributed by atoms with van der Waals surface area (Å²) in [5.41, 5.74) is 4.51. The molecule has 3 N–H and O–H groups in total. The van der Waals surface area contributed by atoms with Gasteiger partial charge < -0.3 is 9.84 Å². The number of aliphatic carboxylic acids is 1. The summed E-state index contributed by atoms with van der Waals surface area (Å²) in [5, 5.41) is 9.65. The van der Waals surface area contributed by atoms with Crippen molar-refractivity contribution in [2.75, 3.05) is 6.61 Å². The van der Waals surface area contributed by atoms with Gasteiger partial charge >= 0.3 is 5.97 Å². The summed E-state index contributed by atoms with van der Waals surface area (Å²) >= 11 is 5.80. The van der Waals surface area contributed by atoms with Crippen LogP contribution in [0.4, 0.5) is 0 Å². The Hall–Kier alpha value is -2.28. The lowest BCUT2D eigenvalue weighted by atomic mass is 9.79. The molecular weight excluding hydrogens is 336 g/mol. The zero-order valence-electron chi connectivity index (χ0n) is 13.0. The van der Waals surface area contributed by atoms with Gasteiger partial charge in [0, 0.05) is 5.02 Å². The van der Waals surface area contributed by atoms with Gasteiger partial charge in [0.15, 0.2) is 6.61 Å². The molecule has 1 aliphatic carbocycles. The number of hydrogen-bond donors (Lipinski definition) is 3. The molecule has 1 aromatic rings. The fourth-order valence-electron chi connectivity index (χ4n) is 2.71. The maximum absolute atomic E-state index is 12.1. The summed E-state index contributed by atoms with van der Waals surface area (Å²) in [4.78, 5) is 35.0. The Balaban J connectivity index is 1.78. The molecule has 0 saturated heterocycles. The monoisotopic (exact) mass is 354 g/mol. The van der Waals surface area contributed by atoms with E-state index in [9.17, 15) is 14.4 Å². The van der Waals surface area contributed by atoms with Gasteiger partial charge in [-0.1, -0.05) is 30.5 Å². The van der Waals surface area contributed by atoms with Crippen LogP contribution in [0.15, 0.2) is 24.3 Å². The number of carboxylic acids is 1. The lowest BCUT2D eigenvalue weighted by molar-refractivity contribution is -0.149. The molecule has 8 heteroatoms. The number of hydrogen-bond acceptors (Lipinski definition) is 4. The van der Waals surface area contributed by atoms with Gasteiger partial charge in [0.1, 0.15) is 5.75 Å². The second kappa shape index (κ2) is 8.54. The Bertz CT molecular complexity index is 622. The number of rotatable bonds is 5. The predicted molar refractivity (Wildman–Crippen MR) is 86.3 cm³/mol. The number of hydrazine groups is 1. The van der Waals surface area contributed by atoms with E-state index in [0.717, 1.165) is 12.8 Å². The molecule has 0 spiro atoms. The van der Waals surface area contributed by atoms with Gasteiger partial charge in [-0.05, 0) is 31.0 Å². The van der Waals surface area contributed by atoms with E-state index in [1.807, 2.05) is 0 Å². The first-order valence-electron chi connectivity index (χ1n) is 7.67. The summed E-state index contributed by atoms with van der Waals surface area (Å²) in [7, 11) is 0. The lowest BCUT2D eigenvalue weighted by Crippen LogP contribution is -2.49. The molecule has 2 rings (SSSR count). The number of carbonyl (C=O) groups excluding carboxylic acids is 2. The second-order valence-electron chi connectivity index (χ2n) is 5.62. The van der Waals surface area contributed by atoms with E-state index in [1.165, 1.54) is 0 Å². The minimum Gasteiger partial charge on any atom is -0.484 e. The third-order valence-corrected chi connectivity index (χ3v) is 4.15. The third-order valence-electron chi connectivity index (χ3n) is 3.91. The molecule has 0 heterocycles. The summed E-state index contributed by atoms with van der Waals surface area (Å²) < 4.78 is 5.24. The van der Waals surface area contributed by atoms with E-state index in [4.69, 9.17) is 21.4 Å². The molecule has 2 unspecified atom stereocenters. The molecule has 0 aromatic heterocycles. The number of nitrogens with one attached hydrogen (secondary N) is 2. The highest BCUT2D eigenvalue weighted by Gasteiger charge is 2.35. The molecule has 1 fully saturated rings. The van der Waals surface area contributed by atoms with Crippen LogP contribution in [-0.4, -0.2) is 29.5 Å². The van der Waals surface area contributed by atoms with Crippen LogP contribution in [0.1, 0.15) is 25.7 Å². The first-order chi connectivity index (χ1) is 11.5. The van der Waals surface area contributed by atoms with Crippen molar-refractivity contribution < 1.29 is 24.2 Å². The molecule has 1 aromatic carbocycles. The Morgan fingerprint density at radius 3 is 2.54 bits per heavy atom. The minimum absolute atomic E-state index is 0.298. The van der Waals surface area contributed by atoms with Crippen LogP contribution >= 0.6 is 11.6 Å². The standard InChI is InChI=1S/C16H19ClN2O5/c17-10-4-3-5-11(8-10)24-9-14(20)18-19-15(21)12-6-1-2-7-13(12)16(22)23/h3-5,8,12-13H,1-2,6-7,9H2,(H,18,20)(H,19,21)(H,22,23). The van der Waals surface area contributed by atoms with E-state index < -0.39 is 29.6 Å². The molecule has 1 aliphatic rings. The first kappa shape index (κ1) is 18.1. The van der Waals surface area contributed by atoms with Crippen molar-refractivity contribution in [2.24, 2.45) is 11.8 Å². The minimum atomic E-state index is -0.981. The van der Waals surface area contributed by atoms with Crippen molar-refractivity contribution in [1.29, 1.82) is 0 Å². The largest absolute Gasteiger partial charge is 0.484 e. The maximum atomic E-state index is 12.1. The lowest BCUT2D eigenvalue weighted by Gasteiger charge is -2.27. The Morgan fingerprint density at radius 2 is 1.88 bits per heavy atom. The van der Waals surface area contributed by atoms with Crippen LogP contribution in [0.3, 0.4) is 0 Å². The average Bonchev–Trinajstić information content (AvgIpc) is 2.58. The molecule has 7 nitrogen and oxygen atoms in total. The van der Waals surface area contributed by atoms with E-state index in [2.05, 4.69) is 10.9 Å². The normalized spacial score (nSPS) is 20.0. The Labute approximate surface area is 144 Å². The number of benzene rings is 1. The molecule has 0 radical (unpaired) electrons. The van der Waals surface area contributed by atoms with Crippen molar-refractivity contribution >= 4 is 29.4 Å². The van der Waals surface area contributed by atoms with Gasteiger partial charge in [-0.25, -0.2) is 0 Å². The number of carbonyl (C=O) groups is 3. The number of halogens is 1. The van der Waals surface area contributed by atoms with Gasteiger partial charge in [-0.2, -0.15) is 0 Å². The molecule has 2 atom stereocenters. The predicted octanol–water partition coefficient (Wildman–Crippen LogP) is 1.76. The Morgan fingerprint density at radius 1 is 1.17 bits per heavy atom. The summed E-state index contributed by atoms with van der Waals surface area (Å²) in [6.45, 7) is -0.298. The van der Waals surface area contributed by atoms with Crippen LogP contribution in [-0.2, 0) is 14.4 Å². The molecule has 130 valence electrons. The number of ether oxygens (including phenoxy) is 1. The van der Waals surface area contributed by atoms with Gasteiger partial charge in [-0.3, -0.25) is 25.2 Å². The summed E-state index contributed by atoms with van der Waals surface area (Å²) in [6.07, 6.45) is 2.56. The fourth-order valence-corrected chi connectivity index (χ4v) is 2.89. The molecule has 24 heavy (non-hydrogen) atoms. The SMILES string of the molecule is O=C(COc1cccc(Cl)c1)NNC(=O)C1CCCCC1C(=O)O. The molecule has 1 saturated carbocycles. The van der Waals surface area contributed by atoms with Crippen LogP contribution in [0.2, 0.25) is 5.02 Å². The van der Waals surface area contributed by atoms with Crippen LogP contribution in [0.25, 0.3) is 0 Å². The summed E-state index contributed by atoms with van der Waals surface area (Å²) in [6, 6.07) is 6.58. The number of amides is 2. The van der Waals surface area contributed by atoms with E-state index in [-0.39, 0.29) is 6.61 Å². The molecule has 0 aliphatic heterocycles. The van der Waals surface area contributed by atoms with Crippen molar-refractivity contribution in [2.45, 2.75) is 25.7 Å². The Kier molecular flexibility index (Phi) is 6.43. The van der Waals surface area contributed by atoms with Gasteiger partial charge in [0.2, 0.25) is 5.91 Å². The second-order valence-corrected chi connectivity index (χ2v) is 6.06. The van der Waals surface area contributed by atoms with Gasteiger partial charge in [-0.15, -0.1) is 0 Å². The highest BCUT2D eigenvalue weighted by atomic mass is 35.5. The van der Waals surface area contributed by atoms with E-state index in [0.29, 0.717) is 23.6 Å². The quantitative estimate of drug-likeness (QED) is 0.699. The topological polar surface area (TPSA) is 105 Å².